The molecule has 1 saturated carbocycles. The fraction of sp³-hybridized carbons (Fsp3) is 0.455. The van der Waals surface area contributed by atoms with E-state index < -0.39 is 28.6 Å². The zero-order chi connectivity index (χ0) is 41.7. The van der Waals surface area contributed by atoms with E-state index in [0.29, 0.717) is 37.2 Å². The number of pyridine rings is 1. The third-order valence-corrected chi connectivity index (χ3v) is 10.9. The van der Waals surface area contributed by atoms with Crippen molar-refractivity contribution < 1.29 is 18.4 Å². The number of amides is 2. The molecule has 1 aromatic rings. The number of rotatable bonds is 13. The van der Waals surface area contributed by atoms with Gasteiger partial charge in [-0.05, 0) is 90.2 Å². The van der Waals surface area contributed by atoms with Crippen LogP contribution in [0.5, 0.6) is 0 Å². The van der Waals surface area contributed by atoms with E-state index in [4.69, 9.17) is 15.7 Å². The number of amidine groups is 1. The van der Waals surface area contributed by atoms with Gasteiger partial charge in [-0.1, -0.05) is 30.4 Å². The highest BCUT2D eigenvalue weighted by Crippen LogP contribution is 2.65. The maximum absolute atomic E-state index is 14.5. The normalized spacial score (nSPS) is 24.0. The lowest BCUT2D eigenvalue weighted by Crippen LogP contribution is -2.55. The number of aryl methyl sites for hydroxylation is 1. The second kappa shape index (κ2) is 17.4. The Morgan fingerprint density at radius 1 is 1.14 bits per heavy atom. The molecule has 3 N–H and O–H groups in total. The summed E-state index contributed by atoms with van der Waals surface area (Å²) < 4.78 is 28.4. The Bertz CT molecular complexity index is 2120. The Balaban J connectivity index is 1.37. The molecule has 3 atom stereocenters. The van der Waals surface area contributed by atoms with E-state index in [-0.39, 0.29) is 36.4 Å². The number of nitrogens with one attached hydrogen (secondary N) is 1. The first kappa shape index (κ1) is 42.7. The number of nitrogens with two attached hydrogens (primary N) is 1. The quantitative estimate of drug-likeness (QED) is 0.206. The van der Waals surface area contributed by atoms with Crippen LogP contribution in [-0.2, 0) is 9.59 Å². The van der Waals surface area contributed by atoms with E-state index in [1.54, 1.807) is 37.6 Å². The predicted octanol–water partition coefficient (Wildman–Crippen LogP) is 7.08. The van der Waals surface area contributed by atoms with E-state index in [9.17, 15) is 18.4 Å². The Hall–Kier alpha value is -5.46. The molecule has 1 aromatic heterocycles. The molecule has 11 nitrogen and oxygen atoms in total. The monoisotopic (exact) mass is 779 g/mol. The molecule has 0 bridgehead atoms. The van der Waals surface area contributed by atoms with Crippen molar-refractivity contribution in [2.75, 3.05) is 27.2 Å². The minimum atomic E-state index is -3.26. The van der Waals surface area contributed by atoms with Gasteiger partial charge in [0.15, 0.2) is 5.84 Å². The number of nitrogens with zero attached hydrogens (tertiary/aromatic N) is 7. The molecule has 57 heavy (non-hydrogen) atoms. The molecule has 0 radical (unpaired) electrons. The van der Waals surface area contributed by atoms with Gasteiger partial charge in [0.1, 0.15) is 6.04 Å². The number of halogens is 2. The maximum atomic E-state index is 14.5. The van der Waals surface area contributed by atoms with E-state index in [1.807, 2.05) is 78.0 Å². The van der Waals surface area contributed by atoms with Gasteiger partial charge in [0.05, 0.1) is 34.6 Å². The second-order valence-electron chi connectivity index (χ2n) is 15.7. The van der Waals surface area contributed by atoms with Crippen molar-refractivity contribution in [2.24, 2.45) is 36.1 Å². The number of allylic oxidation sites excluding steroid dienone is 9. The minimum absolute atomic E-state index is 0.0152. The molecule has 4 heterocycles. The van der Waals surface area contributed by atoms with Crippen LogP contribution >= 0.6 is 0 Å². The van der Waals surface area contributed by atoms with Gasteiger partial charge in [-0.25, -0.2) is 13.8 Å². The third-order valence-electron chi connectivity index (χ3n) is 10.9. The zero-order valence-electron chi connectivity index (χ0n) is 34.5. The van der Waals surface area contributed by atoms with Crippen molar-refractivity contribution in [1.29, 1.82) is 0 Å². The second-order valence-corrected chi connectivity index (χ2v) is 15.7. The van der Waals surface area contributed by atoms with E-state index in [1.165, 1.54) is 6.08 Å². The Morgan fingerprint density at radius 2 is 1.89 bits per heavy atom. The summed E-state index contributed by atoms with van der Waals surface area (Å²) in [5, 5.41) is 3.13. The summed E-state index contributed by atoms with van der Waals surface area (Å²) in [6, 6.07) is 3.23. The number of alkyl halides is 2. The maximum Gasteiger partial charge on any atom is 0.284 e. The van der Waals surface area contributed by atoms with Crippen LogP contribution in [0.15, 0.2) is 102 Å². The van der Waals surface area contributed by atoms with Gasteiger partial charge in [0.2, 0.25) is 11.8 Å². The number of dihydropyridines is 1. The fourth-order valence-electron chi connectivity index (χ4n) is 7.47. The standard InChI is InChI=1S/C44H55F2N9O2/c1-10-29(23-48-8)19-37(40(56)54-42(5,6)26-52-36(21-38(47)43(7,45)46)31-14-12-13-27(3)50-24-31)55-18-17-44(41(55)57)22-34(44)33-15-16-35(53-28(33)4)32-20-30(11-2)39(49-9)51-25-32/h10-11,13-16,20-21,23-25,34,37H,12,17-19,22,26,47H2,1-9H3,(H,54,56)/b29-10-,30-11-,38-21-,48-23?,49-39?,52-36?. The number of hydrogen-bond donors (Lipinski definition) is 2. The molecular weight excluding hydrogens is 725 g/mol. The molecule has 3 unspecified atom stereocenters. The van der Waals surface area contributed by atoms with Gasteiger partial charge in [0, 0.05) is 86.7 Å². The third kappa shape index (κ3) is 9.75. The highest BCUT2D eigenvalue weighted by atomic mass is 19.3. The van der Waals surface area contributed by atoms with Gasteiger partial charge < -0.3 is 16.0 Å². The topological polar surface area (TPSA) is 150 Å². The van der Waals surface area contributed by atoms with Crippen molar-refractivity contribution in [1.82, 2.24) is 15.2 Å². The van der Waals surface area contributed by atoms with Gasteiger partial charge in [-0.3, -0.25) is 34.5 Å². The first-order valence-electron chi connectivity index (χ1n) is 19.4. The summed E-state index contributed by atoms with van der Waals surface area (Å²) >= 11 is 0. The van der Waals surface area contributed by atoms with Crippen LogP contribution in [-0.4, -0.2) is 96.6 Å². The van der Waals surface area contributed by atoms with Gasteiger partial charge >= 0.3 is 0 Å². The number of carbonyl (C=O) groups excluding carboxylic acids is 2. The molecule has 13 heteroatoms. The number of aliphatic imine (C=N–C) groups is 5. The van der Waals surface area contributed by atoms with Crippen molar-refractivity contribution >= 4 is 47.6 Å². The summed E-state index contributed by atoms with van der Waals surface area (Å²) in [5.74, 6) is -2.98. The Kier molecular flexibility index (Phi) is 13.0. The predicted molar refractivity (Wildman–Crippen MR) is 228 cm³/mol. The lowest BCUT2D eigenvalue weighted by Gasteiger charge is -2.32. The summed E-state index contributed by atoms with van der Waals surface area (Å²) in [4.78, 5) is 57.5. The summed E-state index contributed by atoms with van der Waals surface area (Å²) in [5.41, 5.74) is 10.5. The van der Waals surface area contributed by atoms with Crippen molar-refractivity contribution in [3.8, 4) is 0 Å². The van der Waals surface area contributed by atoms with Gasteiger partial charge in [-0.2, -0.15) is 0 Å². The van der Waals surface area contributed by atoms with Crippen molar-refractivity contribution in [3.63, 3.8) is 0 Å². The van der Waals surface area contributed by atoms with Crippen LogP contribution in [0.2, 0.25) is 0 Å². The molecule has 3 aliphatic heterocycles. The van der Waals surface area contributed by atoms with Crippen LogP contribution in [0, 0.1) is 12.3 Å². The lowest BCUT2D eigenvalue weighted by atomic mass is 9.95. The van der Waals surface area contributed by atoms with Crippen LogP contribution in [0.25, 0.3) is 5.57 Å². The van der Waals surface area contributed by atoms with E-state index in [2.05, 4.69) is 31.4 Å². The first-order chi connectivity index (χ1) is 27.0. The number of carbonyl (C=O) groups is 2. The average molecular weight is 780 g/mol. The molecule has 2 fully saturated rings. The number of hydrogen-bond acceptors (Lipinski definition) is 8. The first-order valence-corrected chi connectivity index (χ1v) is 19.4. The lowest BCUT2D eigenvalue weighted by molar-refractivity contribution is -0.140. The SMILES string of the molecule is C/C=C(\C=NC)CC(C(=O)NC(C)(C)CN=C(/C=C(\N)C(C)(F)F)C1=CCC=C(C)N=C1)N1CCC2(CC2c2ccc(C3=C/C(=C/C)C(=NC)N=C3)nc2C)C1=O. The van der Waals surface area contributed by atoms with E-state index in [0.717, 1.165) is 46.3 Å². The number of aromatic nitrogens is 1. The minimum Gasteiger partial charge on any atom is -0.397 e. The van der Waals surface area contributed by atoms with Crippen LogP contribution in [0.3, 0.4) is 0 Å². The summed E-state index contributed by atoms with van der Waals surface area (Å²) in [7, 11) is 3.38. The van der Waals surface area contributed by atoms with E-state index >= 15 is 0 Å². The molecule has 5 rings (SSSR count). The smallest absolute Gasteiger partial charge is 0.284 e. The van der Waals surface area contributed by atoms with Gasteiger partial charge in [-0.15, -0.1) is 0 Å². The highest BCUT2D eigenvalue weighted by Gasteiger charge is 2.65. The van der Waals surface area contributed by atoms with Crippen molar-refractivity contribution in [2.45, 2.75) is 97.6 Å². The zero-order valence-corrected chi connectivity index (χ0v) is 34.5. The molecular formula is C44H55F2N9O2. The largest absolute Gasteiger partial charge is 0.397 e. The number of likely N-dealkylation sites (tertiary alicyclic amines) is 1. The van der Waals surface area contributed by atoms with Crippen LogP contribution in [0.1, 0.15) is 90.1 Å². The summed E-state index contributed by atoms with van der Waals surface area (Å²) in [6.45, 7) is 12.5. The molecule has 2 amide bonds. The molecule has 4 aliphatic rings. The highest BCUT2D eigenvalue weighted by molar-refractivity contribution is 6.22. The molecule has 302 valence electrons. The van der Waals surface area contributed by atoms with Gasteiger partial charge in [0.25, 0.3) is 5.92 Å². The molecule has 1 aliphatic carbocycles. The molecule has 0 aromatic carbocycles. The van der Waals surface area contributed by atoms with Crippen LogP contribution in [0.4, 0.5) is 8.78 Å². The Morgan fingerprint density at radius 3 is 2.54 bits per heavy atom. The average Bonchev–Trinajstić information content (AvgIpc) is 3.86. The molecule has 1 saturated heterocycles. The summed E-state index contributed by atoms with van der Waals surface area (Å²) in [6.07, 6.45) is 18.0. The Labute approximate surface area is 335 Å². The van der Waals surface area contributed by atoms with Crippen LogP contribution < -0.4 is 11.1 Å². The fourth-order valence-corrected chi connectivity index (χ4v) is 7.47. The molecule has 1 spiro atoms. The van der Waals surface area contributed by atoms with Crippen molar-refractivity contribution in [3.05, 3.63) is 93.7 Å².